The maximum absolute atomic E-state index is 13.1. The first-order valence-electron chi connectivity index (χ1n) is 8.68. The smallest absolute Gasteiger partial charge is 0.294 e. The van der Waals surface area contributed by atoms with Gasteiger partial charge >= 0.3 is 0 Å². The van der Waals surface area contributed by atoms with Gasteiger partial charge in [0.1, 0.15) is 5.75 Å². The topological polar surface area (TPSA) is 77.8 Å². The van der Waals surface area contributed by atoms with Crippen LogP contribution in [0.1, 0.15) is 26.8 Å². The number of hydrogen-bond donors (Lipinski definition) is 2. The van der Waals surface area contributed by atoms with E-state index in [0.717, 1.165) is 5.56 Å². The fourth-order valence-corrected chi connectivity index (χ4v) is 4.11. The summed E-state index contributed by atoms with van der Waals surface area (Å²) in [4.78, 5) is 28.0. The van der Waals surface area contributed by atoms with E-state index >= 15 is 0 Å². The van der Waals surface area contributed by atoms with E-state index in [9.17, 15) is 19.8 Å². The Balaban J connectivity index is 1.91. The Bertz CT molecular complexity index is 1080. The number of rotatable bonds is 4. The molecule has 6 heteroatoms. The average Bonchev–Trinajstić information content (AvgIpc) is 3.31. The monoisotopic (exact) mass is 391 g/mol. The number of amides is 1. The molecule has 4 rings (SSSR count). The molecule has 2 N–H and O–H groups in total. The van der Waals surface area contributed by atoms with Crippen LogP contribution in [0, 0.1) is 6.92 Å². The van der Waals surface area contributed by atoms with E-state index in [0.29, 0.717) is 16.1 Å². The number of aromatic hydroxyl groups is 1. The number of nitrogens with zero attached hydrogens (tertiary/aromatic N) is 1. The summed E-state index contributed by atoms with van der Waals surface area (Å²) in [6, 6.07) is 16.2. The Labute approximate surface area is 165 Å². The summed E-state index contributed by atoms with van der Waals surface area (Å²) in [5, 5.41) is 22.1. The minimum atomic E-state index is -0.788. The lowest BCUT2D eigenvalue weighted by molar-refractivity contribution is -0.117. The van der Waals surface area contributed by atoms with Crippen LogP contribution in [-0.2, 0) is 4.79 Å². The molecule has 1 aliphatic rings. The summed E-state index contributed by atoms with van der Waals surface area (Å²) < 4.78 is 0. The number of benzene rings is 2. The quantitative estimate of drug-likeness (QED) is 0.640. The zero-order valence-corrected chi connectivity index (χ0v) is 15.8. The third-order valence-electron chi connectivity index (χ3n) is 4.78. The molecule has 2 aromatic carbocycles. The fourth-order valence-electron chi connectivity index (χ4n) is 3.43. The minimum absolute atomic E-state index is 0.0430. The van der Waals surface area contributed by atoms with E-state index in [-0.39, 0.29) is 17.1 Å². The fraction of sp³-hybridized carbons (Fsp3) is 0.0909. The third-order valence-corrected chi connectivity index (χ3v) is 5.65. The number of aryl methyl sites for hydroxylation is 1. The predicted octanol–water partition coefficient (Wildman–Crippen LogP) is 4.55. The van der Waals surface area contributed by atoms with Crippen molar-refractivity contribution in [3.63, 3.8) is 0 Å². The number of thiophene rings is 1. The van der Waals surface area contributed by atoms with Crippen molar-refractivity contribution in [2.45, 2.75) is 13.0 Å². The third kappa shape index (κ3) is 2.88. The first-order valence-corrected chi connectivity index (χ1v) is 9.56. The molecular weight excluding hydrogens is 374 g/mol. The number of para-hydroxylation sites is 1. The Hall–Kier alpha value is -3.38. The second kappa shape index (κ2) is 6.98. The van der Waals surface area contributed by atoms with Gasteiger partial charge in [-0.05, 0) is 47.7 Å². The van der Waals surface area contributed by atoms with Gasteiger partial charge in [-0.15, -0.1) is 11.3 Å². The van der Waals surface area contributed by atoms with Crippen LogP contribution in [0.2, 0.25) is 0 Å². The Morgan fingerprint density at radius 3 is 2.36 bits per heavy atom. The standard InChI is InChI=1S/C22H17NO4S/c1-13-5-2-3-6-16(13)23-19(14-8-10-15(24)11-9-14)18(21(26)22(23)27)20(25)17-7-4-12-28-17/h2-12,19,24,26H,1H3. The molecule has 140 valence electrons. The SMILES string of the molecule is Cc1ccccc1N1C(=O)C(O)=C(C(=O)c2cccs2)C1c1ccc(O)cc1. The van der Waals surface area contributed by atoms with Crippen LogP contribution in [0.5, 0.6) is 5.75 Å². The van der Waals surface area contributed by atoms with Crippen molar-refractivity contribution in [1.82, 2.24) is 0 Å². The molecule has 0 saturated carbocycles. The minimum Gasteiger partial charge on any atom is -0.508 e. The second-order valence-electron chi connectivity index (χ2n) is 6.52. The molecule has 1 unspecified atom stereocenters. The van der Waals surface area contributed by atoms with Gasteiger partial charge in [-0.2, -0.15) is 0 Å². The molecule has 0 bridgehead atoms. The Morgan fingerprint density at radius 2 is 1.71 bits per heavy atom. The highest BCUT2D eigenvalue weighted by Crippen LogP contribution is 2.43. The highest BCUT2D eigenvalue weighted by Gasteiger charge is 2.45. The molecule has 0 fully saturated rings. The van der Waals surface area contributed by atoms with Gasteiger partial charge in [0.15, 0.2) is 5.76 Å². The van der Waals surface area contributed by atoms with Gasteiger partial charge in [0, 0.05) is 5.69 Å². The van der Waals surface area contributed by atoms with E-state index in [1.165, 1.54) is 28.4 Å². The molecule has 1 aliphatic heterocycles. The summed E-state index contributed by atoms with van der Waals surface area (Å²) in [5.74, 6) is -1.46. The first kappa shape index (κ1) is 18.0. The van der Waals surface area contributed by atoms with Crippen molar-refractivity contribution in [3.8, 4) is 5.75 Å². The van der Waals surface area contributed by atoms with Crippen LogP contribution in [0.15, 0.2) is 77.4 Å². The summed E-state index contributed by atoms with van der Waals surface area (Å²) in [6.45, 7) is 1.87. The number of hydrogen-bond acceptors (Lipinski definition) is 5. The van der Waals surface area contributed by atoms with Crippen molar-refractivity contribution in [1.29, 1.82) is 0 Å². The van der Waals surface area contributed by atoms with Gasteiger partial charge in [-0.3, -0.25) is 14.5 Å². The molecule has 0 saturated heterocycles. The average molecular weight is 391 g/mol. The number of anilines is 1. The van der Waals surface area contributed by atoms with E-state index in [1.54, 1.807) is 41.8 Å². The van der Waals surface area contributed by atoms with Crippen molar-refractivity contribution >= 4 is 28.7 Å². The number of aliphatic hydroxyl groups is 1. The van der Waals surface area contributed by atoms with Crippen LogP contribution in [0.3, 0.4) is 0 Å². The summed E-state index contributed by atoms with van der Waals surface area (Å²) in [7, 11) is 0. The van der Waals surface area contributed by atoms with E-state index in [4.69, 9.17) is 0 Å². The number of phenolic OH excluding ortho intramolecular Hbond substituents is 1. The maximum Gasteiger partial charge on any atom is 0.294 e. The zero-order chi connectivity index (χ0) is 19.8. The van der Waals surface area contributed by atoms with Crippen LogP contribution in [-0.4, -0.2) is 21.9 Å². The molecule has 28 heavy (non-hydrogen) atoms. The summed E-state index contributed by atoms with van der Waals surface area (Å²) in [6.07, 6.45) is 0. The molecule has 5 nitrogen and oxygen atoms in total. The highest BCUT2D eigenvalue weighted by atomic mass is 32.1. The van der Waals surface area contributed by atoms with Crippen molar-refractivity contribution in [2.75, 3.05) is 4.90 Å². The number of phenols is 1. The number of ketones is 1. The molecule has 0 radical (unpaired) electrons. The van der Waals surface area contributed by atoms with E-state index in [1.807, 2.05) is 19.1 Å². The number of carbonyl (C=O) groups is 2. The lowest BCUT2D eigenvalue weighted by Crippen LogP contribution is -2.31. The normalized spacial score (nSPS) is 16.7. The molecule has 1 amide bonds. The maximum atomic E-state index is 13.1. The van der Waals surface area contributed by atoms with Crippen LogP contribution in [0.4, 0.5) is 5.69 Å². The summed E-state index contributed by atoms with van der Waals surface area (Å²) >= 11 is 1.26. The van der Waals surface area contributed by atoms with Crippen LogP contribution < -0.4 is 4.90 Å². The highest BCUT2D eigenvalue weighted by molar-refractivity contribution is 7.12. The predicted molar refractivity (Wildman–Crippen MR) is 108 cm³/mol. The van der Waals surface area contributed by atoms with Crippen molar-refractivity contribution < 1.29 is 19.8 Å². The van der Waals surface area contributed by atoms with Gasteiger partial charge in [-0.25, -0.2) is 0 Å². The van der Waals surface area contributed by atoms with Gasteiger partial charge in [0.25, 0.3) is 5.91 Å². The number of aliphatic hydroxyl groups excluding tert-OH is 1. The van der Waals surface area contributed by atoms with Gasteiger partial charge in [0.05, 0.1) is 16.5 Å². The van der Waals surface area contributed by atoms with Gasteiger partial charge in [-0.1, -0.05) is 36.4 Å². The number of carbonyl (C=O) groups excluding carboxylic acids is 2. The lowest BCUT2D eigenvalue weighted by Gasteiger charge is -2.28. The Morgan fingerprint density at radius 1 is 1.00 bits per heavy atom. The molecule has 1 aromatic heterocycles. The lowest BCUT2D eigenvalue weighted by atomic mass is 9.95. The largest absolute Gasteiger partial charge is 0.508 e. The second-order valence-corrected chi connectivity index (χ2v) is 7.47. The first-order chi connectivity index (χ1) is 13.5. The van der Waals surface area contributed by atoms with Crippen molar-refractivity contribution in [2.24, 2.45) is 0 Å². The van der Waals surface area contributed by atoms with Crippen LogP contribution in [0.25, 0.3) is 0 Å². The molecule has 0 spiro atoms. The molecule has 0 aliphatic carbocycles. The van der Waals surface area contributed by atoms with E-state index in [2.05, 4.69) is 0 Å². The van der Waals surface area contributed by atoms with E-state index < -0.39 is 17.7 Å². The Kier molecular flexibility index (Phi) is 4.49. The van der Waals surface area contributed by atoms with Crippen molar-refractivity contribution in [3.05, 3.63) is 93.4 Å². The van der Waals surface area contributed by atoms with Gasteiger partial charge < -0.3 is 10.2 Å². The van der Waals surface area contributed by atoms with Gasteiger partial charge in [0.2, 0.25) is 5.78 Å². The number of Topliss-reactive ketones (excluding diaryl/α,β-unsaturated/α-hetero) is 1. The molecule has 3 aromatic rings. The summed E-state index contributed by atoms with van der Waals surface area (Å²) in [5.41, 5.74) is 2.13. The zero-order valence-electron chi connectivity index (χ0n) is 15.0. The molecule has 1 atom stereocenters. The molecular formula is C22H17NO4S. The van der Waals surface area contributed by atoms with Crippen LogP contribution >= 0.6 is 11.3 Å². The molecule has 2 heterocycles.